The number of nitrogens with two attached hydrogens (primary N) is 1. The zero-order chi connectivity index (χ0) is 38.6. The lowest BCUT2D eigenvalue weighted by atomic mass is 10.1. The van der Waals surface area contributed by atoms with Crippen LogP contribution < -0.4 is 21.5 Å². The van der Waals surface area contributed by atoms with E-state index in [1.54, 1.807) is 26.0 Å². The van der Waals surface area contributed by atoms with Crippen LogP contribution in [-0.2, 0) is 38.6 Å². The quantitative estimate of drug-likeness (QED) is 0.0332. The second-order valence-electron chi connectivity index (χ2n) is 11.9. The van der Waals surface area contributed by atoms with Crippen molar-refractivity contribution in [2.24, 2.45) is 0 Å². The molecule has 26 heteroatoms. The van der Waals surface area contributed by atoms with Crippen molar-refractivity contribution in [1.29, 1.82) is 0 Å². The molecule has 10 N–H and O–H groups in total. The molecule has 0 amide bonds. The normalized spacial score (nSPS) is 22.6. The van der Waals surface area contributed by atoms with Crippen LogP contribution >= 0.6 is 15.6 Å². The zero-order valence-corrected chi connectivity index (χ0v) is 29.2. The molecule has 0 saturated carbocycles. The lowest BCUT2D eigenvalue weighted by molar-refractivity contribution is -0.634. The van der Waals surface area contributed by atoms with Crippen LogP contribution in [0.15, 0.2) is 34.4 Å². The molecule has 1 aliphatic rings. The number of anilines is 1. The van der Waals surface area contributed by atoms with Gasteiger partial charge in [-0.15, -0.1) is 0 Å². The van der Waals surface area contributed by atoms with Gasteiger partial charge in [-0.05, 0) is 37.1 Å². The number of rotatable bonds is 13. The summed E-state index contributed by atoms with van der Waals surface area (Å²) < 4.78 is 46.4. The highest BCUT2D eigenvalue weighted by Gasteiger charge is 2.46. The van der Waals surface area contributed by atoms with Crippen LogP contribution in [0.4, 0.5) is 5.82 Å². The predicted molar refractivity (Wildman–Crippen MR) is 175 cm³/mol. The Morgan fingerprint density at radius 1 is 1.04 bits per heavy atom. The van der Waals surface area contributed by atoms with Gasteiger partial charge in [-0.2, -0.15) is 9.29 Å². The number of ketones is 1. The van der Waals surface area contributed by atoms with Crippen LogP contribution in [0.25, 0.3) is 33.4 Å². The number of fused-ring (bicyclic) bond motifs is 3. The second-order valence-corrected chi connectivity index (χ2v) is 15.0. The van der Waals surface area contributed by atoms with Crippen molar-refractivity contribution in [3.05, 3.63) is 56.8 Å². The summed E-state index contributed by atoms with van der Waals surface area (Å²) in [5.74, 6) is -1.09. The maximum atomic E-state index is 13.1. The molecule has 1 aliphatic heterocycles. The minimum atomic E-state index is -5.57. The number of carbonyl (C=O) groups is 1. The number of aromatic amines is 2. The summed E-state index contributed by atoms with van der Waals surface area (Å²) in [7, 11) is -11.1. The van der Waals surface area contributed by atoms with Crippen LogP contribution in [0, 0.1) is 13.8 Å². The molecule has 1 aromatic carbocycles. The highest BCUT2D eigenvalue weighted by Crippen LogP contribution is 2.60. The molecular formula is C27H32N9O15P2+. The van der Waals surface area contributed by atoms with Crippen LogP contribution in [0.2, 0.25) is 0 Å². The van der Waals surface area contributed by atoms with Gasteiger partial charge in [0.15, 0.2) is 29.8 Å². The molecule has 0 bridgehead atoms. The molecule has 1 saturated heterocycles. The van der Waals surface area contributed by atoms with Crippen LogP contribution in [0.1, 0.15) is 17.4 Å². The van der Waals surface area contributed by atoms with Crippen LogP contribution in [-0.4, -0.2) is 114 Å². The standard InChI is InChI=1S/C27H31N9O15P2/c1-10-3-12-13(4-11(10)2)35(24-18(32-12)25(42)34-27(43)33-24)5-14(37)19(39)15(38)6-48-52(44,45)51-53(46,47)49-7-16-20(40)21(41)26(50-16)36-9-31-17-22(28)29-8-30-23(17)36/h3-4,8-9,15-16,19-21,26,38-41H,5-7H2,1-2H3,(H5,28,29,30,34,42,43,44,45,46,47)/p+1/t15-,16+,19+,20+,21+,26+/m0/s1. The third-order valence-corrected chi connectivity index (χ3v) is 10.9. The molecule has 53 heavy (non-hydrogen) atoms. The van der Waals surface area contributed by atoms with Crippen LogP contribution in [0.5, 0.6) is 0 Å². The summed E-state index contributed by atoms with van der Waals surface area (Å²) >= 11 is 0. The number of nitrogen functional groups attached to an aromatic ring is 1. The molecule has 2 unspecified atom stereocenters. The Bertz CT molecular complexity index is 2460. The first-order valence-electron chi connectivity index (χ1n) is 15.3. The number of hydrogen-bond donors (Lipinski definition) is 9. The van der Waals surface area contributed by atoms with E-state index >= 15 is 0 Å². The number of aryl methyl sites for hydroxylation is 2. The number of carbonyl (C=O) groups excluding carboxylic acids is 1. The summed E-state index contributed by atoms with van der Waals surface area (Å²) in [5.41, 5.74) is 5.95. The number of nitrogens with one attached hydrogen (secondary N) is 2. The van der Waals surface area contributed by atoms with Crippen molar-refractivity contribution < 1.29 is 66.8 Å². The highest BCUT2D eigenvalue weighted by molar-refractivity contribution is 7.61. The zero-order valence-electron chi connectivity index (χ0n) is 27.4. The number of aliphatic hydroxyl groups excluding tert-OH is 4. The number of nitrogens with zero attached hydrogens (tertiary/aromatic N) is 6. The van der Waals surface area contributed by atoms with E-state index in [4.69, 9.17) is 10.5 Å². The van der Waals surface area contributed by atoms with Crippen molar-refractivity contribution in [3.63, 3.8) is 0 Å². The molecule has 0 spiro atoms. The highest BCUT2D eigenvalue weighted by atomic mass is 31.3. The first kappa shape index (κ1) is 38.3. The van der Waals surface area contributed by atoms with Gasteiger partial charge >= 0.3 is 27.0 Å². The smallest absolute Gasteiger partial charge is 0.388 e. The molecule has 5 heterocycles. The molecule has 8 atom stereocenters. The maximum Gasteiger partial charge on any atom is 0.481 e. The fourth-order valence-electron chi connectivity index (χ4n) is 5.49. The lowest BCUT2D eigenvalue weighted by Crippen LogP contribution is -2.48. The average molecular weight is 785 g/mol. The van der Waals surface area contributed by atoms with Crippen LogP contribution in [0.3, 0.4) is 0 Å². The number of imidazole rings is 1. The van der Waals surface area contributed by atoms with Gasteiger partial charge in [0.1, 0.15) is 47.9 Å². The Labute approximate surface area is 294 Å². The monoisotopic (exact) mass is 784 g/mol. The molecule has 284 valence electrons. The molecule has 0 aliphatic carbocycles. The number of phosphoric ester groups is 2. The van der Waals surface area contributed by atoms with Gasteiger partial charge in [-0.3, -0.25) is 28.2 Å². The van der Waals surface area contributed by atoms with Crippen molar-refractivity contribution in [2.75, 3.05) is 18.9 Å². The van der Waals surface area contributed by atoms with E-state index in [2.05, 4.69) is 38.3 Å². The summed E-state index contributed by atoms with van der Waals surface area (Å²) in [6, 6.07) is 3.26. The molecule has 1 fully saturated rings. The van der Waals surface area contributed by atoms with E-state index in [0.29, 0.717) is 0 Å². The van der Waals surface area contributed by atoms with Crippen molar-refractivity contribution in [2.45, 2.75) is 57.1 Å². The molecule has 6 rings (SSSR count). The Morgan fingerprint density at radius 2 is 1.74 bits per heavy atom. The van der Waals surface area contributed by atoms with E-state index in [1.165, 1.54) is 15.5 Å². The van der Waals surface area contributed by atoms with Crippen molar-refractivity contribution >= 4 is 60.6 Å². The van der Waals surface area contributed by atoms with E-state index in [1.807, 2.05) is 4.98 Å². The average Bonchev–Trinajstić information content (AvgIpc) is 3.63. The fourth-order valence-corrected chi connectivity index (χ4v) is 7.58. The second kappa shape index (κ2) is 14.4. The molecule has 4 aromatic heterocycles. The van der Waals surface area contributed by atoms with Gasteiger partial charge in [0.2, 0.25) is 11.3 Å². The fraction of sp³-hybridized carbons (Fsp3) is 0.407. The summed E-state index contributed by atoms with van der Waals surface area (Å²) in [6.07, 6.45) is -8.34. The number of ether oxygens (including phenoxy) is 1. The number of Topliss-reactive ketones (excluding diaryl/α,β-unsaturated/α-hetero) is 1. The minimum absolute atomic E-state index is 0.0262. The van der Waals surface area contributed by atoms with E-state index in [9.17, 15) is 53.7 Å². The molecule has 5 aromatic rings. The van der Waals surface area contributed by atoms with Gasteiger partial charge < -0.3 is 40.7 Å². The lowest BCUT2D eigenvalue weighted by Gasteiger charge is -2.21. The summed E-state index contributed by atoms with van der Waals surface area (Å²) in [5, 5.41) is 42.0. The Morgan fingerprint density at radius 3 is 2.47 bits per heavy atom. The molecule has 24 nitrogen and oxygen atoms in total. The van der Waals surface area contributed by atoms with E-state index < -0.39 is 89.2 Å². The summed E-state index contributed by atoms with van der Waals surface area (Å²) in [4.78, 5) is 78.4. The largest absolute Gasteiger partial charge is 0.481 e. The topological polar surface area (TPSA) is 362 Å². The van der Waals surface area contributed by atoms with Gasteiger partial charge in [0, 0.05) is 0 Å². The third-order valence-electron chi connectivity index (χ3n) is 8.31. The first-order chi connectivity index (χ1) is 24.9. The van der Waals surface area contributed by atoms with Gasteiger partial charge in [-0.25, -0.2) is 38.4 Å². The minimum Gasteiger partial charge on any atom is -0.388 e. The van der Waals surface area contributed by atoms with E-state index in [0.717, 1.165) is 17.5 Å². The maximum absolute atomic E-state index is 13.1. The number of benzene rings is 1. The number of hydrogen-bond acceptors (Lipinski definition) is 18. The molecule has 0 radical (unpaired) electrons. The van der Waals surface area contributed by atoms with Crippen molar-refractivity contribution in [1.82, 2.24) is 34.5 Å². The Balaban J connectivity index is 1.08. The van der Waals surface area contributed by atoms with Gasteiger partial charge in [0.05, 0.1) is 19.5 Å². The van der Waals surface area contributed by atoms with Crippen molar-refractivity contribution in [3.8, 4) is 0 Å². The predicted octanol–water partition coefficient (Wildman–Crippen LogP) is -2.75. The number of aliphatic hydroxyl groups is 4. The third kappa shape index (κ3) is 7.80. The molecular weight excluding hydrogens is 752 g/mol. The first-order valence-corrected chi connectivity index (χ1v) is 18.3. The SMILES string of the molecule is Cc1cc2nc3c(=O)[nH]c(=O)[nH]c3[n+](CC(=O)[C@@H](O)[C@@H](O)COP(=O)(O)OP(=O)(O)OC[C@H]3O[C@@H](n4cnc5c(N)ncnc54)[C@H](O)[C@@H]3O)c2cc1C. The van der Waals surface area contributed by atoms with Gasteiger partial charge in [-0.1, -0.05) is 0 Å². The Kier molecular flexibility index (Phi) is 10.4. The number of H-pyrrole nitrogens is 2. The van der Waals surface area contributed by atoms with Gasteiger partial charge in [0.25, 0.3) is 5.56 Å². The number of phosphoric acid groups is 2. The Hall–Kier alpha value is -4.42. The summed E-state index contributed by atoms with van der Waals surface area (Å²) in [6.45, 7) is 0.548. The number of aromatic nitrogens is 8. The van der Waals surface area contributed by atoms with E-state index in [-0.39, 0.29) is 39.2 Å².